The molecular weight excluding hydrogens is 315 g/mol. The van der Waals surface area contributed by atoms with E-state index < -0.39 is 17.5 Å². The summed E-state index contributed by atoms with van der Waals surface area (Å²) in [7, 11) is 0. The van der Waals surface area contributed by atoms with Crippen molar-refractivity contribution >= 4 is 40.8 Å². The smallest absolute Gasteiger partial charge is 0.357 e. The van der Waals surface area contributed by atoms with Gasteiger partial charge in [0.2, 0.25) is 0 Å². The summed E-state index contributed by atoms with van der Waals surface area (Å²) in [6.45, 7) is 0. The van der Waals surface area contributed by atoms with Gasteiger partial charge in [0.25, 0.3) is 0 Å². The number of carbonyl (C=O) groups is 1. The molecule has 0 spiro atoms. The van der Waals surface area contributed by atoms with Crippen LogP contribution in [0.2, 0.25) is 15.1 Å². The maximum atomic E-state index is 13.6. The molecule has 0 radical (unpaired) electrons. The largest absolute Gasteiger partial charge is 0.476 e. The Morgan fingerprint density at radius 1 is 1.11 bits per heavy atom. The Morgan fingerprint density at radius 2 is 1.74 bits per heavy atom. The molecule has 1 heterocycles. The molecule has 3 nitrogen and oxygen atoms in total. The quantitative estimate of drug-likeness (QED) is 0.826. The summed E-state index contributed by atoms with van der Waals surface area (Å²) in [5, 5.41) is 9.48. The van der Waals surface area contributed by atoms with Gasteiger partial charge < -0.3 is 5.11 Å². The first kappa shape index (κ1) is 14.1. The number of rotatable bonds is 2. The van der Waals surface area contributed by atoms with E-state index in [0.717, 1.165) is 6.07 Å². The Labute approximate surface area is 122 Å². The van der Waals surface area contributed by atoms with E-state index in [9.17, 15) is 9.18 Å². The fraction of sp³-hybridized carbons (Fsp3) is 0. The van der Waals surface area contributed by atoms with Crippen molar-refractivity contribution in [2.24, 2.45) is 0 Å². The van der Waals surface area contributed by atoms with Gasteiger partial charge >= 0.3 is 5.97 Å². The number of hydrogen-bond acceptors (Lipinski definition) is 2. The molecule has 0 amide bonds. The molecule has 1 aromatic heterocycles. The zero-order valence-electron chi connectivity index (χ0n) is 9.12. The molecule has 1 aromatic carbocycles. The number of carboxylic acid groups (broad SMARTS) is 1. The van der Waals surface area contributed by atoms with Crippen molar-refractivity contribution in [3.05, 3.63) is 51.0 Å². The van der Waals surface area contributed by atoms with E-state index in [-0.39, 0.29) is 15.1 Å². The highest BCUT2D eigenvalue weighted by Gasteiger charge is 2.15. The lowest BCUT2D eigenvalue weighted by Crippen LogP contribution is -2.04. The molecule has 0 atom stereocenters. The summed E-state index contributed by atoms with van der Waals surface area (Å²) in [6.07, 6.45) is 1.21. The van der Waals surface area contributed by atoms with E-state index >= 15 is 0 Å². The second kappa shape index (κ2) is 5.33. The van der Waals surface area contributed by atoms with Gasteiger partial charge in [0.1, 0.15) is 0 Å². The summed E-state index contributed by atoms with van der Waals surface area (Å²) in [4.78, 5) is 14.2. The van der Waals surface area contributed by atoms with Crippen LogP contribution in [-0.2, 0) is 0 Å². The lowest BCUT2D eigenvalue weighted by molar-refractivity contribution is 0.0685. The first-order valence-corrected chi connectivity index (χ1v) is 6.07. The summed E-state index contributed by atoms with van der Waals surface area (Å²) >= 11 is 17.6. The monoisotopic (exact) mass is 319 g/mol. The van der Waals surface area contributed by atoms with Crippen molar-refractivity contribution in [1.82, 2.24) is 4.98 Å². The van der Waals surface area contributed by atoms with Gasteiger partial charge in [0, 0.05) is 17.3 Å². The zero-order valence-corrected chi connectivity index (χ0v) is 11.4. The summed E-state index contributed by atoms with van der Waals surface area (Å²) in [5.41, 5.74) is 0.0744. The molecule has 0 aliphatic rings. The van der Waals surface area contributed by atoms with Crippen molar-refractivity contribution in [2.75, 3.05) is 0 Å². The second-order valence-corrected chi connectivity index (χ2v) is 4.83. The molecule has 2 rings (SSSR count). The SMILES string of the molecule is O=C(O)c1ncc(-c2cc(Cl)c(Cl)cc2Cl)cc1F. The number of aromatic nitrogens is 1. The van der Waals surface area contributed by atoms with Crippen LogP contribution in [0.5, 0.6) is 0 Å². The number of nitrogens with zero attached hydrogens (tertiary/aromatic N) is 1. The van der Waals surface area contributed by atoms with Crippen LogP contribution in [0.25, 0.3) is 11.1 Å². The second-order valence-electron chi connectivity index (χ2n) is 3.61. The van der Waals surface area contributed by atoms with Gasteiger partial charge in [-0.3, -0.25) is 0 Å². The van der Waals surface area contributed by atoms with Crippen LogP contribution in [-0.4, -0.2) is 16.1 Å². The third-order valence-corrected chi connectivity index (χ3v) is 3.40. The minimum absolute atomic E-state index is 0.254. The third kappa shape index (κ3) is 2.81. The molecule has 0 aliphatic carbocycles. The number of pyridine rings is 1. The maximum absolute atomic E-state index is 13.6. The minimum atomic E-state index is -1.44. The van der Waals surface area contributed by atoms with Crippen LogP contribution in [0.15, 0.2) is 24.4 Å². The normalized spacial score (nSPS) is 10.5. The van der Waals surface area contributed by atoms with Crippen molar-refractivity contribution in [3.63, 3.8) is 0 Å². The number of carboxylic acids is 1. The van der Waals surface area contributed by atoms with E-state index in [1.807, 2.05) is 0 Å². The van der Waals surface area contributed by atoms with Crippen LogP contribution < -0.4 is 0 Å². The Kier molecular flexibility index (Phi) is 3.94. The third-order valence-electron chi connectivity index (χ3n) is 2.36. The first-order chi connectivity index (χ1) is 8.90. The van der Waals surface area contributed by atoms with Crippen molar-refractivity contribution < 1.29 is 14.3 Å². The Morgan fingerprint density at radius 3 is 2.32 bits per heavy atom. The molecule has 0 unspecified atom stereocenters. The van der Waals surface area contributed by atoms with Gasteiger partial charge in [0.15, 0.2) is 11.5 Å². The van der Waals surface area contributed by atoms with Gasteiger partial charge in [-0.2, -0.15) is 0 Å². The fourth-order valence-electron chi connectivity index (χ4n) is 1.49. The van der Waals surface area contributed by atoms with Gasteiger partial charge in [0.05, 0.1) is 15.1 Å². The Hall–Kier alpha value is -1.36. The lowest BCUT2D eigenvalue weighted by Gasteiger charge is -2.07. The molecule has 1 N–H and O–H groups in total. The molecule has 7 heteroatoms. The molecule has 0 bridgehead atoms. The van der Waals surface area contributed by atoms with Gasteiger partial charge in [-0.1, -0.05) is 34.8 Å². The number of hydrogen-bond donors (Lipinski definition) is 1. The first-order valence-electron chi connectivity index (χ1n) is 4.94. The van der Waals surface area contributed by atoms with Crippen LogP contribution in [0.1, 0.15) is 10.5 Å². The highest BCUT2D eigenvalue weighted by Crippen LogP contribution is 2.35. The van der Waals surface area contributed by atoms with E-state index in [1.165, 1.54) is 18.3 Å². The van der Waals surface area contributed by atoms with E-state index in [1.54, 1.807) is 0 Å². The standard InChI is InChI=1S/C12H5Cl3FNO2/c13-7-3-9(15)8(14)2-6(7)5-1-10(16)11(12(18)19)17-4-5/h1-4H,(H,18,19). The van der Waals surface area contributed by atoms with Gasteiger partial charge in [-0.25, -0.2) is 14.2 Å². The molecule has 0 fully saturated rings. The van der Waals surface area contributed by atoms with Crippen LogP contribution in [0.3, 0.4) is 0 Å². The minimum Gasteiger partial charge on any atom is -0.476 e. The highest BCUT2D eigenvalue weighted by molar-refractivity contribution is 6.44. The predicted octanol–water partition coefficient (Wildman–Crippen LogP) is 4.55. The number of aromatic carboxylic acids is 1. The molecule has 19 heavy (non-hydrogen) atoms. The van der Waals surface area contributed by atoms with E-state index in [4.69, 9.17) is 39.9 Å². The van der Waals surface area contributed by atoms with Crippen LogP contribution >= 0.6 is 34.8 Å². The molecule has 0 saturated carbocycles. The van der Waals surface area contributed by atoms with E-state index in [0.29, 0.717) is 11.1 Å². The molecule has 0 aliphatic heterocycles. The Bertz CT molecular complexity index is 676. The molecule has 98 valence electrons. The van der Waals surface area contributed by atoms with Crippen molar-refractivity contribution in [3.8, 4) is 11.1 Å². The van der Waals surface area contributed by atoms with Gasteiger partial charge in [-0.05, 0) is 18.2 Å². The predicted molar refractivity (Wildman–Crippen MR) is 71.6 cm³/mol. The fourth-order valence-corrected chi connectivity index (χ4v) is 2.14. The van der Waals surface area contributed by atoms with Crippen LogP contribution in [0.4, 0.5) is 4.39 Å². The van der Waals surface area contributed by atoms with Gasteiger partial charge in [-0.15, -0.1) is 0 Å². The van der Waals surface area contributed by atoms with E-state index in [2.05, 4.69) is 4.98 Å². The topological polar surface area (TPSA) is 50.2 Å². The number of benzene rings is 1. The lowest BCUT2D eigenvalue weighted by atomic mass is 10.1. The number of halogens is 4. The molecule has 2 aromatic rings. The van der Waals surface area contributed by atoms with Crippen molar-refractivity contribution in [1.29, 1.82) is 0 Å². The Balaban J connectivity index is 2.57. The molecule has 0 saturated heterocycles. The zero-order chi connectivity index (χ0) is 14.2. The average molecular weight is 321 g/mol. The maximum Gasteiger partial charge on any atom is 0.357 e. The van der Waals surface area contributed by atoms with Crippen molar-refractivity contribution in [2.45, 2.75) is 0 Å². The van der Waals surface area contributed by atoms with Crippen LogP contribution in [0, 0.1) is 5.82 Å². The average Bonchev–Trinajstić information content (AvgIpc) is 2.33. The molecular formula is C12H5Cl3FNO2. The summed E-state index contributed by atoms with van der Waals surface area (Å²) in [6, 6.07) is 3.91. The highest BCUT2D eigenvalue weighted by atomic mass is 35.5. The summed E-state index contributed by atoms with van der Waals surface area (Å²) < 4.78 is 13.6. The summed E-state index contributed by atoms with van der Waals surface area (Å²) in [5.74, 6) is -2.39.